The van der Waals surface area contributed by atoms with Crippen LogP contribution in [0.4, 0.5) is 0 Å². The molecule has 4 rings (SSSR count). The first-order valence-corrected chi connectivity index (χ1v) is 8.88. The molecule has 0 radical (unpaired) electrons. The van der Waals surface area contributed by atoms with Gasteiger partial charge in [-0.3, -0.25) is 4.79 Å². The number of hydrogen-bond donors (Lipinski definition) is 0. The Bertz CT molecular complexity index is 839. The number of amides is 1. The first kappa shape index (κ1) is 15.1. The molecule has 24 heavy (non-hydrogen) atoms. The summed E-state index contributed by atoms with van der Waals surface area (Å²) in [4.78, 5) is 19.7. The van der Waals surface area contributed by atoms with Crippen LogP contribution in [-0.2, 0) is 0 Å². The van der Waals surface area contributed by atoms with Crippen LogP contribution in [0.25, 0.3) is 10.1 Å². The standard InChI is InChI=1S/C19H18N2O2S/c1-13-6-7-18(20-11-13)23-15-8-9-21(12-15)19(22)17-10-14-4-2-3-5-16(14)24-17/h2-7,10-11,15H,8-9,12H2,1H3. The maximum atomic E-state index is 12.7. The number of ether oxygens (including phenoxy) is 1. The highest BCUT2D eigenvalue weighted by molar-refractivity contribution is 7.20. The Balaban J connectivity index is 1.44. The first-order chi connectivity index (χ1) is 11.7. The Kier molecular flexibility index (Phi) is 3.94. The van der Waals surface area contributed by atoms with Crippen LogP contribution in [-0.4, -0.2) is 35.0 Å². The maximum Gasteiger partial charge on any atom is 0.264 e. The summed E-state index contributed by atoms with van der Waals surface area (Å²) in [6.45, 7) is 3.34. The number of pyridine rings is 1. The van der Waals surface area contributed by atoms with E-state index in [0.29, 0.717) is 12.4 Å². The summed E-state index contributed by atoms with van der Waals surface area (Å²) < 4.78 is 7.05. The number of rotatable bonds is 3. The van der Waals surface area contributed by atoms with Gasteiger partial charge in [0.25, 0.3) is 5.91 Å². The van der Waals surface area contributed by atoms with Crippen molar-refractivity contribution >= 4 is 27.3 Å². The van der Waals surface area contributed by atoms with Crippen LogP contribution in [0.2, 0.25) is 0 Å². The van der Waals surface area contributed by atoms with Gasteiger partial charge in [-0.25, -0.2) is 4.98 Å². The van der Waals surface area contributed by atoms with Gasteiger partial charge in [0.2, 0.25) is 5.88 Å². The number of aromatic nitrogens is 1. The SMILES string of the molecule is Cc1ccc(OC2CCN(C(=O)c3cc4ccccc4s3)C2)nc1. The van der Waals surface area contributed by atoms with E-state index < -0.39 is 0 Å². The van der Waals surface area contributed by atoms with Gasteiger partial charge in [0.05, 0.1) is 11.4 Å². The number of hydrogen-bond acceptors (Lipinski definition) is 4. The van der Waals surface area contributed by atoms with Gasteiger partial charge in [-0.05, 0) is 30.0 Å². The van der Waals surface area contributed by atoms with E-state index in [0.717, 1.165) is 33.5 Å². The summed E-state index contributed by atoms with van der Waals surface area (Å²) in [5.74, 6) is 0.723. The largest absolute Gasteiger partial charge is 0.472 e. The average Bonchev–Trinajstić information content (AvgIpc) is 3.23. The minimum absolute atomic E-state index is 0.0125. The van der Waals surface area contributed by atoms with Crippen molar-refractivity contribution < 1.29 is 9.53 Å². The van der Waals surface area contributed by atoms with E-state index in [1.165, 1.54) is 0 Å². The number of likely N-dealkylation sites (tertiary alicyclic amines) is 1. The fourth-order valence-corrected chi connectivity index (χ4v) is 3.98. The van der Waals surface area contributed by atoms with E-state index in [1.54, 1.807) is 17.5 Å². The fraction of sp³-hybridized carbons (Fsp3) is 0.263. The average molecular weight is 338 g/mol. The third kappa shape index (κ3) is 2.99. The molecule has 2 aromatic heterocycles. The van der Waals surface area contributed by atoms with E-state index >= 15 is 0 Å². The second-order valence-corrected chi connectivity index (χ2v) is 7.19. The Hall–Kier alpha value is -2.40. The van der Waals surface area contributed by atoms with Crippen LogP contribution in [0.3, 0.4) is 0 Å². The molecule has 1 atom stereocenters. The van der Waals surface area contributed by atoms with Gasteiger partial charge in [0.1, 0.15) is 6.10 Å². The highest BCUT2D eigenvalue weighted by atomic mass is 32.1. The number of nitrogens with zero attached hydrogens (tertiary/aromatic N) is 2. The Labute approximate surface area is 144 Å². The monoisotopic (exact) mass is 338 g/mol. The second-order valence-electron chi connectivity index (χ2n) is 6.10. The van der Waals surface area contributed by atoms with Crippen LogP contribution in [0.15, 0.2) is 48.7 Å². The normalized spacial score (nSPS) is 17.4. The smallest absolute Gasteiger partial charge is 0.264 e. The van der Waals surface area contributed by atoms with Crippen LogP contribution >= 0.6 is 11.3 Å². The molecule has 0 saturated carbocycles. The Morgan fingerprint density at radius 2 is 2.17 bits per heavy atom. The summed E-state index contributed by atoms with van der Waals surface area (Å²) in [7, 11) is 0. The van der Waals surface area contributed by atoms with E-state index in [2.05, 4.69) is 11.1 Å². The summed E-state index contributed by atoms with van der Waals surface area (Å²) in [5.41, 5.74) is 1.11. The van der Waals surface area contributed by atoms with Gasteiger partial charge in [-0.2, -0.15) is 0 Å². The lowest BCUT2D eigenvalue weighted by Crippen LogP contribution is -2.30. The molecule has 0 spiro atoms. The molecule has 5 heteroatoms. The zero-order valence-corrected chi connectivity index (χ0v) is 14.3. The summed E-state index contributed by atoms with van der Waals surface area (Å²) in [5, 5.41) is 1.13. The zero-order chi connectivity index (χ0) is 16.5. The molecule has 3 heterocycles. The number of aryl methyl sites for hydroxylation is 1. The third-order valence-corrected chi connectivity index (χ3v) is 5.34. The van der Waals surface area contributed by atoms with Crippen molar-refractivity contribution in [2.45, 2.75) is 19.4 Å². The van der Waals surface area contributed by atoms with E-state index in [4.69, 9.17) is 4.74 Å². The number of carbonyl (C=O) groups is 1. The predicted octanol–water partition coefficient (Wildman–Crippen LogP) is 3.90. The molecule has 1 fully saturated rings. The van der Waals surface area contributed by atoms with Crippen LogP contribution in [0.1, 0.15) is 21.7 Å². The highest BCUT2D eigenvalue weighted by Gasteiger charge is 2.29. The molecule has 1 aliphatic rings. The van der Waals surface area contributed by atoms with E-state index in [1.807, 2.05) is 48.2 Å². The lowest BCUT2D eigenvalue weighted by atomic mass is 10.2. The van der Waals surface area contributed by atoms with Crippen molar-refractivity contribution in [3.8, 4) is 5.88 Å². The molecule has 1 saturated heterocycles. The number of carbonyl (C=O) groups excluding carboxylic acids is 1. The molecule has 1 aromatic carbocycles. The van der Waals surface area contributed by atoms with Crippen LogP contribution in [0.5, 0.6) is 5.88 Å². The van der Waals surface area contributed by atoms with Crippen molar-refractivity contribution in [1.82, 2.24) is 9.88 Å². The zero-order valence-electron chi connectivity index (χ0n) is 13.4. The number of thiophene rings is 1. The van der Waals surface area contributed by atoms with Crippen LogP contribution < -0.4 is 4.74 Å². The lowest BCUT2D eigenvalue weighted by molar-refractivity contribution is 0.0776. The molecular formula is C19H18N2O2S. The number of benzene rings is 1. The third-order valence-electron chi connectivity index (χ3n) is 4.24. The predicted molar refractivity (Wildman–Crippen MR) is 95.7 cm³/mol. The molecule has 0 N–H and O–H groups in total. The highest BCUT2D eigenvalue weighted by Crippen LogP contribution is 2.27. The van der Waals surface area contributed by atoms with Gasteiger partial charge in [0, 0.05) is 29.9 Å². The minimum atomic E-state index is 0.0125. The van der Waals surface area contributed by atoms with E-state index in [-0.39, 0.29) is 12.0 Å². The maximum absolute atomic E-state index is 12.7. The van der Waals surface area contributed by atoms with Crippen molar-refractivity contribution in [3.63, 3.8) is 0 Å². The first-order valence-electron chi connectivity index (χ1n) is 8.06. The molecule has 3 aromatic rings. The molecule has 0 bridgehead atoms. The summed E-state index contributed by atoms with van der Waals surface area (Å²) in [6.07, 6.45) is 2.65. The number of fused-ring (bicyclic) bond motifs is 1. The summed E-state index contributed by atoms with van der Waals surface area (Å²) in [6, 6.07) is 13.9. The molecule has 4 nitrogen and oxygen atoms in total. The topological polar surface area (TPSA) is 42.4 Å². The van der Waals surface area contributed by atoms with Gasteiger partial charge in [-0.15, -0.1) is 11.3 Å². The Morgan fingerprint density at radius 3 is 2.96 bits per heavy atom. The molecule has 1 aliphatic heterocycles. The molecule has 122 valence electrons. The molecule has 1 unspecified atom stereocenters. The van der Waals surface area contributed by atoms with Crippen LogP contribution in [0, 0.1) is 6.92 Å². The molecular weight excluding hydrogens is 320 g/mol. The van der Waals surface area contributed by atoms with Crippen molar-refractivity contribution in [3.05, 3.63) is 59.1 Å². The van der Waals surface area contributed by atoms with Crippen molar-refractivity contribution in [2.24, 2.45) is 0 Å². The van der Waals surface area contributed by atoms with Gasteiger partial charge < -0.3 is 9.64 Å². The van der Waals surface area contributed by atoms with Gasteiger partial charge in [-0.1, -0.05) is 24.3 Å². The van der Waals surface area contributed by atoms with Gasteiger partial charge in [0.15, 0.2) is 0 Å². The molecule has 1 amide bonds. The minimum Gasteiger partial charge on any atom is -0.472 e. The summed E-state index contributed by atoms with van der Waals surface area (Å²) >= 11 is 1.55. The van der Waals surface area contributed by atoms with E-state index in [9.17, 15) is 4.79 Å². The van der Waals surface area contributed by atoms with Crippen molar-refractivity contribution in [2.75, 3.05) is 13.1 Å². The lowest BCUT2D eigenvalue weighted by Gasteiger charge is -2.16. The van der Waals surface area contributed by atoms with Crippen molar-refractivity contribution in [1.29, 1.82) is 0 Å². The quantitative estimate of drug-likeness (QED) is 0.727. The Morgan fingerprint density at radius 1 is 1.29 bits per heavy atom. The second kappa shape index (κ2) is 6.24. The molecule has 0 aliphatic carbocycles. The fourth-order valence-electron chi connectivity index (χ4n) is 2.95. The van der Waals surface area contributed by atoms with Gasteiger partial charge >= 0.3 is 0 Å².